The minimum absolute atomic E-state index is 0.126. The molecule has 100 valence electrons. The van der Waals surface area contributed by atoms with Crippen molar-refractivity contribution in [3.63, 3.8) is 0 Å². The van der Waals surface area contributed by atoms with Crippen LogP contribution in [-0.4, -0.2) is 26.6 Å². The molecule has 3 N–H and O–H groups in total. The lowest BCUT2D eigenvalue weighted by Crippen LogP contribution is -2.30. The Bertz CT molecular complexity index is 538. The number of carbonyl (C=O) groups excluding carboxylic acids is 1. The molecule has 0 unspecified atom stereocenters. The summed E-state index contributed by atoms with van der Waals surface area (Å²) in [7, 11) is -3.60. The molecule has 5 nitrogen and oxygen atoms in total. The fraction of sp³-hybridized carbons (Fsp3) is 0.417. The number of hydrogen-bond acceptors (Lipinski definition) is 4. The zero-order valence-electron chi connectivity index (χ0n) is 10.6. The van der Waals surface area contributed by atoms with E-state index in [1.807, 2.05) is 6.92 Å². The van der Waals surface area contributed by atoms with Gasteiger partial charge in [-0.25, -0.2) is 8.42 Å². The predicted molar refractivity (Wildman–Crippen MR) is 70.9 cm³/mol. The second kappa shape index (κ2) is 5.86. The Morgan fingerprint density at radius 3 is 2.61 bits per heavy atom. The Balaban J connectivity index is 2.86. The number of aryl methyl sites for hydroxylation is 1. The number of anilines is 1. The summed E-state index contributed by atoms with van der Waals surface area (Å²) < 4.78 is 23.9. The molecule has 0 atom stereocenters. The average molecular weight is 270 g/mol. The quantitative estimate of drug-likeness (QED) is 0.777. The number of carbonyl (C=O) groups is 1. The van der Waals surface area contributed by atoms with Crippen LogP contribution in [0.5, 0.6) is 0 Å². The minimum Gasteiger partial charge on any atom is -0.399 e. The molecule has 1 aromatic carbocycles. The minimum atomic E-state index is -3.60. The lowest BCUT2D eigenvalue weighted by Gasteiger charge is -2.07. The van der Waals surface area contributed by atoms with E-state index < -0.39 is 21.5 Å². The molecule has 0 aliphatic rings. The van der Waals surface area contributed by atoms with E-state index in [-0.39, 0.29) is 4.90 Å². The number of rotatable bonds is 5. The maximum Gasteiger partial charge on any atom is 0.235 e. The van der Waals surface area contributed by atoms with Crippen LogP contribution >= 0.6 is 0 Å². The van der Waals surface area contributed by atoms with E-state index in [0.717, 1.165) is 6.42 Å². The molecule has 1 aromatic rings. The topological polar surface area (TPSA) is 89.3 Å². The van der Waals surface area contributed by atoms with Gasteiger partial charge in [-0.2, -0.15) is 0 Å². The van der Waals surface area contributed by atoms with Crippen LogP contribution in [-0.2, 0) is 14.6 Å². The van der Waals surface area contributed by atoms with Crippen molar-refractivity contribution in [2.24, 2.45) is 0 Å². The highest BCUT2D eigenvalue weighted by molar-refractivity contribution is 7.92. The number of hydrogen-bond donors (Lipinski definition) is 2. The van der Waals surface area contributed by atoms with Gasteiger partial charge in [-0.15, -0.1) is 0 Å². The van der Waals surface area contributed by atoms with Crippen LogP contribution < -0.4 is 11.1 Å². The Hall–Kier alpha value is -1.56. The van der Waals surface area contributed by atoms with E-state index in [9.17, 15) is 13.2 Å². The van der Waals surface area contributed by atoms with Crippen LogP contribution in [0.15, 0.2) is 23.1 Å². The van der Waals surface area contributed by atoms with Crippen LogP contribution in [0.1, 0.15) is 18.9 Å². The van der Waals surface area contributed by atoms with Gasteiger partial charge in [-0.3, -0.25) is 4.79 Å². The van der Waals surface area contributed by atoms with E-state index in [1.165, 1.54) is 18.2 Å². The number of benzene rings is 1. The van der Waals surface area contributed by atoms with Gasteiger partial charge >= 0.3 is 0 Å². The molecule has 0 heterocycles. The van der Waals surface area contributed by atoms with Crippen LogP contribution in [0, 0.1) is 6.92 Å². The van der Waals surface area contributed by atoms with Crippen molar-refractivity contribution in [2.45, 2.75) is 25.2 Å². The summed E-state index contributed by atoms with van der Waals surface area (Å²) in [6, 6.07) is 4.44. The molecule has 18 heavy (non-hydrogen) atoms. The maximum atomic E-state index is 12.0. The van der Waals surface area contributed by atoms with E-state index in [4.69, 9.17) is 5.73 Å². The fourth-order valence-corrected chi connectivity index (χ4v) is 2.66. The number of sulfone groups is 1. The van der Waals surface area contributed by atoms with Crippen molar-refractivity contribution in [1.29, 1.82) is 0 Å². The maximum absolute atomic E-state index is 12.0. The molecule has 0 aromatic heterocycles. The summed E-state index contributed by atoms with van der Waals surface area (Å²) in [5.41, 5.74) is 6.84. The molecule has 0 saturated heterocycles. The Kier molecular flexibility index (Phi) is 4.72. The lowest BCUT2D eigenvalue weighted by atomic mass is 10.2. The van der Waals surface area contributed by atoms with Gasteiger partial charge in [-0.1, -0.05) is 6.92 Å². The zero-order chi connectivity index (χ0) is 13.8. The van der Waals surface area contributed by atoms with E-state index in [0.29, 0.717) is 17.8 Å². The fourth-order valence-electron chi connectivity index (χ4n) is 1.41. The molecule has 1 amide bonds. The molecule has 0 spiro atoms. The first-order valence-electron chi connectivity index (χ1n) is 5.72. The summed E-state index contributed by atoms with van der Waals surface area (Å²) in [6.45, 7) is 4.11. The van der Waals surface area contributed by atoms with Crippen LogP contribution in [0.3, 0.4) is 0 Å². The SMILES string of the molecule is CCCNC(=O)CS(=O)(=O)c1ccc(N)c(C)c1. The molecular formula is C12H18N2O3S. The van der Waals surface area contributed by atoms with Gasteiger partial charge in [0.15, 0.2) is 9.84 Å². The van der Waals surface area contributed by atoms with Gasteiger partial charge in [0.2, 0.25) is 5.91 Å². The molecule has 0 saturated carbocycles. The summed E-state index contributed by atoms with van der Waals surface area (Å²) in [5, 5.41) is 2.54. The van der Waals surface area contributed by atoms with E-state index in [2.05, 4.69) is 5.32 Å². The highest BCUT2D eigenvalue weighted by Gasteiger charge is 2.19. The van der Waals surface area contributed by atoms with Crippen LogP contribution in [0.4, 0.5) is 5.69 Å². The van der Waals surface area contributed by atoms with Gasteiger partial charge in [0, 0.05) is 12.2 Å². The molecular weight excluding hydrogens is 252 g/mol. The molecule has 1 rings (SSSR count). The lowest BCUT2D eigenvalue weighted by molar-refractivity contribution is -0.118. The first kappa shape index (κ1) is 14.5. The van der Waals surface area contributed by atoms with Crippen LogP contribution in [0.25, 0.3) is 0 Å². The first-order valence-corrected chi connectivity index (χ1v) is 7.37. The van der Waals surface area contributed by atoms with Gasteiger partial charge in [0.1, 0.15) is 5.75 Å². The van der Waals surface area contributed by atoms with E-state index >= 15 is 0 Å². The van der Waals surface area contributed by atoms with Gasteiger partial charge in [-0.05, 0) is 37.1 Å². The molecule has 0 bridgehead atoms. The third-order valence-corrected chi connectivity index (χ3v) is 4.11. The number of nitrogen functional groups attached to an aromatic ring is 1. The Morgan fingerprint density at radius 2 is 2.06 bits per heavy atom. The molecule has 0 fully saturated rings. The Morgan fingerprint density at radius 1 is 1.39 bits per heavy atom. The molecule has 0 aliphatic carbocycles. The van der Waals surface area contributed by atoms with Crippen molar-refractivity contribution in [3.8, 4) is 0 Å². The van der Waals surface area contributed by atoms with Crippen LogP contribution in [0.2, 0.25) is 0 Å². The second-order valence-corrected chi connectivity index (χ2v) is 6.12. The standard InChI is InChI=1S/C12H18N2O3S/c1-3-6-14-12(15)8-18(16,17)10-4-5-11(13)9(2)7-10/h4-5,7H,3,6,8,13H2,1-2H3,(H,14,15). The number of amides is 1. The smallest absolute Gasteiger partial charge is 0.235 e. The monoisotopic (exact) mass is 270 g/mol. The highest BCUT2D eigenvalue weighted by Crippen LogP contribution is 2.17. The van der Waals surface area contributed by atoms with Crippen molar-refractivity contribution < 1.29 is 13.2 Å². The summed E-state index contributed by atoms with van der Waals surface area (Å²) in [5.74, 6) is -1.01. The summed E-state index contributed by atoms with van der Waals surface area (Å²) in [6.07, 6.45) is 0.771. The number of nitrogens with one attached hydrogen (secondary N) is 1. The number of nitrogens with two attached hydrogens (primary N) is 1. The van der Waals surface area contributed by atoms with Gasteiger partial charge < -0.3 is 11.1 Å². The summed E-state index contributed by atoms with van der Waals surface area (Å²) in [4.78, 5) is 11.6. The Labute approximate surface area is 107 Å². The molecule has 0 aliphatic heterocycles. The van der Waals surface area contributed by atoms with Crippen molar-refractivity contribution >= 4 is 21.4 Å². The van der Waals surface area contributed by atoms with Gasteiger partial charge in [0.25, 0.3) is 0 Å². The normalized spacial score (nSPS) is 11.2. The average Bonchev–Trinajstić information content (AvgIpc) is 2.29. The molecule has 6 heteroatoms. The van der Waals surface area contributed by atoms with Crippen molar-refractivity contribution in [1.82, 2.24) is 5.32 Å². The largest absolute Gasteiger partial charge is 0.399 e. The molecule has 0 radical (unpaired) electrons. The second-order valence-electron chi connectivity index (χ2n) is 4.13. The van der Waals surface area contributed by atoms with Crippen molar-refractivity contribution in [3.05, 3.63) is 23.8 Å². The third-order valence-electron chi connectivity index (χ3n) is 2.49. The summed E-state index contributed by atoms with van der Waals surface area (Å²) >= 11 is 0. The van der Waals surface area contributed by atoms with Crippen molar-refractivity contribution in [2.75, 3.05) is 18.0 Å². The van der Waals surface area contributed by atoms with E-state index in [1.54, 1.807) is 6.92 Å². The predicted octanol–water partition coefficient (Wildman–Crippen LogP) is 0.877. The zero-order valence-corrected chi connectivity index (χ0v) is 11.4. The van der Waals surface area contributed by atoms with Gasteiger partial charge in [0.05, 0.1) is 4.90 Å². The third kappa shape index (κ3) is 3.73. The highest BCUT2D eigenvalue weighted by atomic mass is 32.2. The first-order chi connectivity index (χ1) is 8.36.